The summed E-state index contributed by atoms with van der Waals surface area (Å²) < 4.78 is 1.71. The summed E-state index contributed by atoms with van der Waals surface area (Å²) in [7, 11) is 1.66. The van der Waals surface area contributed by atoms with Crippen molar-refractivity contribution < 1.29 is 9.59 Å². The second-order valence-corrected chi connectivity index (χ2v) is 8.22. The molecular formula is C22H28ClN3O3. The summed E-state index contributed by atoms with van der Waals surface area (Å²) in [5, 5.41) is 3.26. The number of nitrogens with one attached hydrogen (secondary N) is 1. The first kappa shape index (κ1) is 22.7. The van der Waals surface area contributed by atoms with Crippen LogP contribution in [0.15, 0.2) is 41.5 Å². The molecule has 2 amide bonds. The summed E-state index contributed by atoms with van der Waals surface area (Å²) in [4.78, 5) is 40.1. The van der Waals surface area contributed by atoms with Crippen molar-refractivity contribution in [2.75, 3.05) is 13.6 Å². The second kappa shape index (κ2) is 9.74. The predicted octanol–water partition coefficient (Wildman–Crippen LogP) is 3.74. The van der Waals surface area contributed by atoms with Gasteiger partial charge in [-0.2, -0.15) is 0 Å². The van der Waals surface area contributed by atoms with E-state index in [9.17, 15) is 14.4 Å². The molecule has 0 aliphatic heterocycles. The van der Waals surface area contributed by atoms with E-state index < -0.39 is 11.3 Å². The van der Waals surface area contributed by atoms with Crippen LogP contribution >= 0.6 is 11.6 Å². The topological polar surface area (TPSA) is 71.4 Å². The molecule has 2 aromatic rings. The van der Waals surface area contributed by atoms with Crippen LogP contribution in [0, 0.1) is 5.92 Å². The third-order valence-corrected chi connectivity index (χ3v) is 4.87. The van der Waals surface area contributed by atoms with E-state index in [4.69, 9.17) is 11.6 Å². The van der Waals surface area contributed by atoms with Gasteiger partial charge in [0, 0.05) is 43.6 Å². The normalized spacial score (nSPS) is 11.0. The van der Waals surface area contributed by atoms with Gasteiger partial charge in [-0.15, -0.1) is 0 Å². The van der Waals surface area contributed by atoms with Crippen molar-refractivity contribution in [3.8, 4) is 0 Å². The third-order valence-electron chi connectivity index (χ3n) is 4.50. The molecule has 0 fully saturated rings. The fourth-order valence-electron chi connectivity index (χ4n) is 2.96. The summed E-state index contributed by atoms with van der Waals surface area (Å²) in [6.07, 6.45) is 3.02. The maximum Gasteiger partial charge on any atom is 0.259 e. The standard InChI is InChI=1S/C22H28ClN3O3/c1-14(2)11-25(5)22(29)18-13-26(15(3)4)12-17(20(18)27)21(28)24-10-16-8-6-7-9-19(16)23/h6-9,12-15H,10-11H2,1-5H3,(H,24,28). The predicted molar refractivity (Wildman–Crippen MR) is 116 cm³/mol. The Labute approximate surface area is 176 Å². The maximum atomic E-state index is 12.9. The molecule has 1 N–H and O–H groups in total. The van der Waals surface area contributed by atoms with Crippen molar-refractivity contribution in [3.05, 3.63) is 68.6 Å². The molecule has 0 aliphatic rings. The zero-order valence-corrected chi connectivity index (χ0v) is 18.3. The van der Waals surface area contributed by atoms with Gasteiger partial charge in [-0.05, 0) is 31.4 Å². The fourth-order valence-corrected chi connectivity index (χ4v) is 3.16. The van der Waals surface area contributed by atoms with Gasteiger partial charge in [-0.25, -0.2) is 0 Å². The first-order valence-electron chi connectivity index (χ1n) is 9.64. The summed E-state index contributed by atoms with van der Waals surface area (Å²) in [6, 6.07) is 7.14. The van der Waals surface area contributed by atoms with Gasteiger partial charge in [-0.1, -0.05) is 43.6 Å². The number of pyridine rings is 1. The van der Waals surface area contributed by atoms with E-state index in [1.165, 1.54) is 17.3 Å². The number of aromatic nitrogens is 1. The summed E-state index contributed by atoms with van der Waals surface area (Å²) in [5.41, 5.74) is 0.108. The van der Waals surface area contributed by atoms with E-state index in [1.54, 1.807) is 29.8 Å². The Hall–Kier alpha value is -2.60. The second-order valence-electron chi connectivity index (χ2n) is 7.81. The van der Waals surface area contributed by atoms with E-state index in [-0.39, 0.29) is 35.5 Å². The quantitative estimate of drug-likeness (QED) is 0.745. The van der Waals surface area contributed by atoms with E-state index in [0.717, 1.165) is 5.56 Å². The first-order valence-corrected chi connectivity index (χ1v) is 10.0. The van der Waals surface area contributed by atoms with E-state index in [0.29, 0.717) is 11.6 Å². The highest BCUT2D eigenvalue weighted by atomic mass is 35.5. The van der Waals surface area contributed by atoms with Crippen LogP contribution in [-0.4, -0.2) is 34.9 Å². The molecule has 1 aromatic heterocycles. The molecule has 156 valence electrons. The van der Waals surface area contributed by atoms with Crippen molar-refractivity contribution in [1.82, 2.24) is 14.8 Å². The lowest BCUT2D eigenvalue weighted by molar-refractivity contribution is 0.0777. The van der Waals surface area contributed by atoms with Crippen LogP contribution in [0.3, 0.4) is 0 Å². The molecule has 1 aromatic carbocycles. The van der Waals surface area contributed by atoms with Crippen LogP contribution < -0.4 is 10.7 Å². The zero-order chi connectivity index (χ0) is 21.7. The van der Waals surface area contributed by atoms with E-state index >= 15 is 0 Å². The molecular weight excluding hydrogens is 390 g/mol. The molecule has 7 heteroatoms. The average Bonchev–Trinajstić information content (AvgIpc) is 2.66. The number of hydrogen-bond donors (Lipinski definition) is 1. The van der Waals surface area contributed by atoms with Crippen molar-refractivity contribution in [2.24, 2.45) is 5.92 Å². The monoisotopic (exact) mass is 417 g/mol. The number of nitrogens with zero attached hydrogens (tertiary/aromatic N) is 2. The van der Waals surface area contributed by atoms with Gasteiger partial charge in [0.25, 0.3) is 11.8 Å². The molecule has 2 rings (SSSR count). The molecule has 0 unspecified atom stereocenters. The summed E-state index contributed by atoms with van der Waals surface area (Å²) in [6.45, 7) is 8.53. The van der Waals surface area contributed by atoms with Crippen molar-refractivity contribution in [2.45, 2.75) is 40.3 Å². The Morgan fingerprint density at radius 2 is 1.72 bits per heavy atom. The third kappa shape index (κ3) is 5.70. The Balaban J connectivity index is 2.37. The van der Waals surface area contributed by atoms with Crippen molar-refractivity contribution in [3.63, 3.8) is 0 Å². The van der Waals surface area contributed by atoms with Crippen LogP contribution in [0.25, 0.3) is 0 Å². The van der Waals surface area contributed by atoms with Crippen LogP contribution in [0.4, 0.5) is 0 Å². The Morgan fingerprint density at radius 3 is 2.31 bits per heavy atom. The summed E-state index contributed by atoms with van der Waals surface area (Å²) >= 11 is 6.13. The number of benzene rings is 1. The molecule has 0 aliphatic carbocycles. The maximum absolute atomic E-state index is 12.9. The highest BCUT2D eigenvalue weighted by Crippen LogP contribution is 2.15. The lowest BCUT2D eigenvalue weighted by Crippen LogP contribution is -2.37. The smallest absolute Gasteiger partial charge is 0.259 e. The Morgan fingerprint density at radius 1 is 1.10 bits per heavy atom. The number of amides is 2. The fraction of sp³-hybridized carbons (Fsp3) is 0.409. The number of carbonyl (C=O) groups excluding carboxylic acids is 2. The molecule has 0 atom stereocenters. The van der Waals surface area contributed by atoms with Gasteiger partial charge < -0.3 is 14.8 Å². The van der Waals surface area contributed by atoms with Gasteiger partial charge in [0.15, 0.2) is 0 Å². The van der Waals surface area contributed by atoms with Crippen molar-refractivity contribution in [1.29, 1.82) is 0 Å². The molecule has 0 spiro atoms. The molecule has 6 nitrogen and oxygen atoms in total. The first-order chi connectivity index (χ1) is 13.6. The SMILES string of the molecule is CC(C)CN(C)C(=O)c1cn(C(C)C)cc(C(=O)NCc2ccccc2Cl)c1=O. The summed E-state index contributed by atoms with van der Waals surface area (Å²) in [5.74, 6) is -0.664. The molecule has 0 saturated carbocycles. The van der Waals surface area contributed by atoms with Crippen LogP contribution in [-0.2, 0) is 6.54 Å². The van der Waals surface area contributed by atoms with Gasteiger partial charge >= 0.3 is 0 Å². The number of rotatable bonds is 7. The van der Waals surface area contributed by atoms with E-state index in [1.807, 2.05) is 33.8 Å². The molecule has 29 heavy (non-hydrogen) atoms. The molecule has 0 radical (unpaired) electrons. The number of halogens is 1. The number of hydrogen-bond acceptors (Lipinski definition) is 3. The molecule has 0 saturated heterocycles. The minimum Gasteiger partial charge on any atom is -0.350 e. The Bertz CT molecular complexity index is 951. The number of carbonyl (C=O) groups is 2. The van der Waals surface area contributed by atoms with Gasteiger partial charge in [0.2, 0.25) is 5.43 Å². The van der Waals surface area contributed by atoms with Crippen LogP contribution in [0.2, 0.25) is 5.02 Å². The largest absolute Gasteiger partial charge is 0.350 e. The highest BCUT2D eigenvalue weighted by molar-refractivity contribution is 6.31. The molecule has 0 bridgehead atoms. The minimum atomic E-state index is -0.570. The molecule has 1 heterocycles. The van der Waals surface area contributed by atoms with Crippen LogP contribution in [0.1, 0.15) is 60.0 Å². The van der Waals surface area contributed by atoms with Gasteiger partial charge in [0.1, 0.15) is 11.1 Å². The van der Waals surface area contributed by atoms with E-state index in [2.05, 4.69) is 5.32 Å². The van der Waals surface area contributed by atoms with Gasteiger partial charge in [-0.3, -0.25) is 14.4 Å². The van der Waals surface area contributed by atoms with Crippen molar-refractivity contribution >= 4 is 23.4 Å². The Kier molecular flexibility index (Phi) is 7.62. The highest BCUT2D eigenvalue weighted by Gasteiger charge is 2.22. The van der Waals surface area contributed by atoms with Crippen LogP contribution in [0.5, 0.6) is 0 Å². The lowest BCUT2D eigenvalue weighted by atomic mass is 10.1. The minimum absolute atomic E-state index is 0.00718. The lowest BCUT2D eigenvalue weighted by Gasteiger charge is -2.21. The zero-order valence-electron chi connectivity index (χ0n) is 17.5. The average molecular weight is 418 g/mol. The van der Waals surface area contributed by atoms with Gasteiger partial charge in [0.05, 0.1) is 0 Å².